The molecule has 1 aliphatic heterocycles. The molecular weight excluding hydrogens is 840 g/mol. The molecule has 55 heavy (non-hydrogen) atoms. The SMILES string of the molecule is CBr.CCC(C)(C)C(C=O)NC(=O)OC(C)(C)C.CN(C)C(=O)C(NC(=O)CCNC(=O)C(=O)C(CC1CC1)NC(=O)C1C(Br)CCN1C)c1ccccc1. The van der Waals surface area contributed by atoms with Crippen molar-refractivity contribution in [3.63, 3.8) is 0 Å². The molecule has 1 aromatic carbocycles. The van der Waals surface area contributed by atoms with Crippen molar-refractivity contribution >= 4 is 73.7 Å². The van der Waals surface area contributed by atoms with E-state index in [9.17, 15) is 33.6 Å². The number of alkyl carbamates (subject to hydrolysis) is 1. The number of nitrogens with zero attached hydrogens (tertiary/aromatic N) is 2. The highest BCUT2D eigenvalue weighted by molar-refractivity contribution is 9.09. The molecule has 0 radical (unpaired) electrons. The highest BCUT2D eigenvalue weighted by atomic mass is 79.9. The second-order valence-corrected chi connectivity index (χ2v) is 16.8. The number of ketones is 1. The van der Waals surface area contributed by atoms with Gasteiger partial charge in [-0.3, -0.25) is 28.9 Å². The van der Waals surface area contributed by atoms with Crippen molar-refractivity contribution < 1.29 is 38.3 Å². The summed E-state index contributed by atoms with van der Waals surface area (Å²) in [4.78, 5) is 89.3. The van der Waals surface area contributed by atoms with Crippen LogP contribution in [0.25, 0.3) is 0 Å². The number of carbonyl (C=O) groups excluding carboxylic acids is 7. The molecule has 2 fully saturated rings. The number of hydrogen-bond acceptors (Lipinski definition) is 9. The maximum absolute atomic E-state index is 12.9. The fourth-order valence-corrected chi connectivity index (χ4v) is 6.32. The van der Waals surface area contributed by atoms with Gasteiger partial charge in [0, 0.05) is 31.9 Å². The summed E-state index contributed by atoms with van der Waals surface area (Å²) in [5.74, 6) is -0.408. The summed E-state index contributed by atoms with van der Waals surface area (Å²) in [7, 11) is 5.07. The number of alkyl halides is 2. The first-order valence-electron chi connectivity index (χ1n) is 18.6. The smallest absolute Gasteiger partial charge is 0.408 e. The quantitative estimate of drug-likeness (QED) is 0.107. The predicted octanol–water partition coefficient (Wildman–Crippen LogP) is 4.29. The highest BCUT2D eigenvalue weighted by Gasteiger charge is 2.39. The summed E-state index contributed by atoms with van der Waals surface area (Å²) in [6.07, 6.45) is 4.09. The van der Waals surface area contributed by atoms with Crippen LogP contribution in [-0.4, -0.2) is 120 Å². The number of amides is 5. The summed E-state index contributed by atoms with van der Waals surface area (Å²) in [5.41, 5.74) is -0.168. The van der Waals surface area contributed by atoms with Crippen LogP contribution in [0.3, 0.4) is 0 Å². The van der Waals surface area contributed by atoms with Crippen molar-refractivity contribution in [1.82, 2.24) is 31.1 Å². The van der Waals surface area contributed by atoms with E-state index in [0.717, 1.165) is 38.5 Å². The molecule has 1 saturated carbocycles. The van der Waals surface area contributed by atoms with Gasteiger partial charge in [-0.1, -0.05) is 95.8 Å². The highest BCUT2D eigenvalue weighted by Crippen LogP contribution is 2.34. The largest absolute Gasteiger partial charge is 0.444 e. The Morgan fingerprint density at radius 1 is 0.964 bits per heavy atom. The third-order valence-electron chi connectivity index (χ3n) is 9.29. The number of Topliss-reactive ketones (excluding diaryl/α,β-unsaturated/α-hetero) is 1. The first kappa shape index (κ1) is 49.6. The Labute approximate surface area is 343 Å². The summed E-state index contributed by atoms with van der Waals surface area (Å²) in [6, 6.07) is 6.21. The summed E-state index contributed by atoms with van der Waals surface area (Å²) in [6.45, 7) is 11.9. The van der Waals surface area contributed by atoms with Crippen molar-refractivity contribution in [2.75, 3.05) is 40.1 Å². The number of likely N-dealkylation sites (tertiary alicyclic amines) is 1. The van der Waals surface area contributed by atoms with Crippen LogP contribution in [0.15, 0.2) is 30.3 Å². The topological polar surface area (TPSA) is 183 Å². The molecule has 0 bridgehead atoms. The third kappa shape index (κ3) is 17.5. The predicted molar refractivity (Wildman–Crippen MR) is 220 cm³/mol. The molecule has 2 aliphatic rings. The number of benzene rings is 1. The molecule has 310 valence electrons. The molecule has 0 spiro atoms. The Kier molecular flexibility index (Phi) is 21.3. The number of ether oxygens (including phenoxy) is 1. The molecular formula is C39H62Br2N6O8. The number of aldehydes is 1. The monoisotopic (exact) mass is 900 g/mol. The van der Waals surface area contributed by atoms with Crippen LogP contribution in [0.1, 0.15) is 91.7 Å². The minimum absolute atomic E-state index is 0.0133. The number of halogens is 2. The molecule has 3 rings (SSSR count). The Balaban J connectivity index is 0.000000707. The van der Waals surface area contributed by atoms with Gasteiger partial charge in [0.15, 0.2) is 0 Å². The Morgan fingerprint density at radius 2 is 1.56 bits per heavy atom. The molecule has 16 heteroatoms. The van der Waals surface area contributed by atoms with Gasteiger partial charge >= 0.3 is 6.09 Å². The Hall–Kier alpha value is -3.37. The normalized spacial score (nSPS) is 18.3. The molecule has 1 heterocycles. The number of hydrogen-bond donors (Lipinski definition) is 4. The molecule has 4 N–H and O–H groups in total. The standard InChI is InChI=1S/C26H36BrN5O5.C12H23NO3.CH3Br/c1-31(2)26(37)21(17-7-5-4-6-8-17)30-20(33)11-13-28-25(36)23(34)19(15-16-9-10-16)29-24(35)22-18(27)12-14-32(22)3;1-7-12(5,6)9(8-14)13-10(15)16-11(2,3)4;1-2/h4-8,16,18-19,21-22H,9-15H2,1-3H3,(H,28,36)(H,29,35)(H,30,33);8-9H,7H2,1-6H3,(H,13,15);1H3. The molecule has 1 aromatic rings. The van der Waals surface area contributed by atoms with Gasteiger partial charge in [-0.05, 0) is 76.4 Å². The molecule has 1 saturated heterocycles. The first-order chi connectivity index (χ1) is 25.7. The van der Waals surface area contributed by atoms with E-state index in [-0.39, 0.29) is 35.0 Å². The van der Waals surface area contributed by atoms with Gasteiger partial charge in [-0.25, -0.2) is 4.79 Å². The van der Waals surface area contributed by atoms with Crippen molar-refractivity contribution in [2.45, 2.75) is 115 Å². The van der Waals surface area contributed by atoms with E-state index in [0.29, 0.717) is 17.9 Å². The van der Waals surface area contributed by atoms with E-state index in [1.165, 1.54) is 4.90 Å². The Morgan fingerprint density at radius 3 is 2.04 bits per heavy atom. The molecule has 5 amide bonds. The zero-order valence-corrected chi connectivity index (χ0v) is 37.2. The average molecular weight is 903 g/mol. The maximum atomic E-state index is 12.9. The van der Waals surface area contributed by atoms with Crippen LogP contribution in [-0.2, 0) is 33.5 Å². The molecule has 14 nitrogen and oxygen atoms in total. The minimum Gasteiger partial charge on any atom is -0.444 e. The lowest BCUT2D eigenvalue weighted by atomic mass is 9.83. The van der Waals surface area contributed by atoms with E-state index in [1.807, 2.05) is 44.6 Å². The lowest BCUT2D eigenvalue weighted by Crippen LogP contribution is -2.53. The van der Waals surface area contributed by atoms with Gasteiger partial charge in [0.1, 0.15) is 24.0 Å². The van der Waals surface area contributed by atoms with E-state index < -0.39 is 53.5 Å². The fraction of sp³-hybridized carbons (Fsp3) is 0.667. The van der Waals surface area contributed by atoms with Crippen molar-refractivity contribution in [3.8, 4) is 0 Å². The number of likely N-dealkylation sites (N-methyl/N-ethyl adjacent to an activating group) is 2. The third-order valence-corrected chi connectivity index (χ3v) is 10.3. The molecule has 5 atom stereocenters. The van der Waals surface area contributed by atoms with Crippen molar-refractivity contribution in [2.24, 2.45) is 11.3 Å². The van der Waals surface area contributed by atoms with Crippen LogP contribution in [0.2, 0.25) is 0 Å². The summed E-state index contributed by atoms with van der Waals surface area (Å²) >= 11 is 6.47. The molecule has 1 aliphatic carbocycles. The van der Waals surface area contributed by atoms with E-state index in [2.05, 4.69) is 53.1 Å². The number of nitrogens with one attached hydrogen (secondary N) is 4. The first-order valence-corrected chi connectivity index (χ1v) is 21.1. The lowest BCUT2D eigenvalue weighted by molar-refractivity contribution is -0.140. The van der Waals surface area contributed by atoms with Gasteiger partial charge in [-0.2, -0.15) is 0 Å². The van der Waals surface area contributed by atoms with Crippen molar-refractivity contribution in [3.05, 3.63) is 35.9 Å². The zero-order valence-electron chi connectivity index (χ0n) is 34.0. The van der Waals surface area contributed by atoms with Crippen LogP contribution in [0.5, 0.6) is 0 Å². The van der Waals surface area contributed by atoms with Crippen LogP contribution in [0.4, 0.5) is 4.79 Å². The fourth-order valence-electron chi connectivity index (χ4n) is 5.47. The van der Waals surface area contributed by atoms with Crippen molar-refractivity contribution in [1.29, 1.82) is 0 Å². The van der Waals surface area contributed by atoms with Crippen LogP contribution in [0, 0.1) is 11.3 Å². The molecule has 5 unspecified atom stereocenters. The van der Waals surface area contributed by atoms with E-state index in [4.69, 9.17) is 4.74 Å². The van der Waals surface area contributed by atoms with E-state index in [1.54, 1.807) is 59.1 Å². The second-order valence-electron chi connectivity index (χ2n) is 15.6. The second kappa shape index (κ2) is 23.6. The summed E-state index contributed by atoms with van der Waals surface area (Å²) in [5, 5.41) is 10.6. The summed E-state index contributed by atoms with van der Waals surface area (Å²) < 4.78 is 5.10. The van der Waals surface area contributed by atoms with Gasteiger partial charge < -0.3 is 35.7 Å². The zero-order chi connectivity index (χ0) is 42.1. The van der Waals surface area contributed by atoms with Gasteiger partial charge in [0.25, 0.3) is 5.91 Å². The van der Waals surface area contributed by atoms with Gasteiger partial charge in [0.2, 0.25) is 23.5 Å². The van der Waals surface area contributed by atoms with E-state index >= 15 is 0 Å². The lowest BCUT2D eigenvalue weighted by Gasteiger charge is -2.30. The Bertz CT molecular complexity index is 1420. The van der Waals surface area contributed by atoms with Gasteiger partial charge in [0.05, 0.1) is 12.1 Å². The maximum Gasteiger partial charge on any atom is 0.408 e. The van der Waals surface area contributed by atoms with Crippen LogP contribution >= 0.6 is 31.9 Å². The molecule has 0 aromatic heterocycles. The van der Waals surface area contributed by atoms with Gasteiger partial charge in [-0.15, -0.1) is 0 Å². The number of rotatable bonds is 16. The average Bonchev–Trinajstić information content (AvgIpc) is 3.89. The number of carbonyl (C=O) groups is 7. The minimum atomic E-state index is -0.900. The van der Waals surface area contributed by atoms with Crippen LogP contribution < -0.4 is 21.3 Å².